The number of aromatic nitrogens is 2. The normalized spacial score (nSPS) is 10.9. The monoisotopic (exact) mass is 428 g/mol. The molecule has 0 saturated carbocycles. The number of amides is 1. The van der Waals surface area contributed by atoms with E-state index in [0.717, 1.165) is 24.3 Å². The molecule has 0 unspecified atom stereocenters. The fourth-order valence-corrected chi connectivity index (χ4v) is 3.24. The number of methoxy groups -OCH3 is 1. The first-order valence-electron chi connectivity index (χ1n) is 9.78. The molecule has 3 aromatic rings. The van der Waals surface area contributed by atoms with Crippen molar-refractivity contribution in [3.63, 3.8) is 0 Å². The van der Waals surface area contributed by atoms with Gasteiger partial charge in [-0.25, -0.2) is 0 Å². The highest BCUT2D eigenvalue weighted by atomic mass is 35.5. The standard InChI is InChI=1S/C22H25ClN4O3/c1-3-11-27(14-20(28)24-13-16-7-6-8-17(12-16)29-2)15-21-25-26-22(30-21)18-9-4-5-10-19(18)23/h4-10,12H,3,11,13-15H2,1-2H3,(H,24,28). The van der Waals surface area contributed by atoms with Gasteiger partial charge in [-0.3, -0.25) is 9.69 Å². The van der Waals surface area contributed by atoms with Gasteiger partial charge in [0, 0.05) is 6.54 Å². The van der Waals surface area contributed by atoms with E-state index in [1.165, 1.54) is 0 Å². The molecule has 158 valence electrons. The smallest absolute Gasteiger partial charge is 0.249 e. The summed E-state index contributed by atoms with van der Waals surface area (Å²) in [4.78, 5) is 14.4. The van der Waals surface area contributed by atoms with E-state index >= 15 is 0 Å². The first kappa shape index (κ1) is 21.8. The molecule has 0 atom stereocenters. The molecule has 8 heteroatoms. The van der Waals surface area contributed by atoms with Crippen LogP contribution in [0.1, 0.15) is 24.8 Å². The maximum Gasteiger partial charge on any atom is 0.249 e. The summed E-state index contributed by atoms with van der Waals surface area (Å²) in [6, 6.07) is 14.9. The van der Waals surface area contributed by atoms with E-state index < -0.39 is 0 Å². The Morgan fingerprint density at radius 3 is 2.80 bits per heavy atom. The molecule has 1 N–H and O–H groups in total. The van der Waals surface area contributed by atoms with Crippen LogP contribution < -0.4 is 10.1 Å². The first-order valence-corrected chi connectivity index (χ1v) is 10.2. The molecular formula is C22H25ClN4O3. The third-order valence-electron chi connectivity index (χ3n) is 4.46. The van der Waals surface area contributed by atoms with Crippen molar-refractivity contribution in [2.75, 3.05) is 20.2 Å². The van der Waals surface area contributed by atoms with Crippen LogP contribution in [-0.4, -0.2) is 41.2 Å². The maximum absolute atomic E-state index is 12.4. The minimum atomic E-state index is -0.0721. The van der Waals surface area contributed by atoms with Crippen molar-refractivity contribution < 1.29 is 13.9 Å². The fourth-order valence-electron chi connectivity index (χ4n) is 3.02. The Labute approximate surface area is 181 Å². The fraction of sp³-hybridized carbons (Fsp3) is 0.318. The Balaban J connectivity index is 1.58. The predicted octanol–water partition coefficient (Wildman–Crippen LogP) is 3.93. The summed E-state index contributed by atoms with van der Waals surface area (Å²) in [6.45, 7) is 3.85. The number of ether oxygens (including phenoxy) is 1. The van der Waals surface area contributed by atoms with Crippen molar-refractivity contribution >= 4 is 17.5 Å². The van der Waals surface area contributed by atoms with E-state index in [1.807, 2.05) is 47.4 Å². The lowest BCUT2D eigenvalue weighted by atomic mass is 10.2. The Morgan fingerprint density at radius 1 is 1.20 bits per heavy atom. The molecular weight excluding hydrogens is 404 g/mol. The number of hydrogen-bond donors (Lipinski definition) is 1. The summed E-state index contributed by atoms with van der Waals surface area (Å²) in [7, 11) is 1.62. The summed E-state index contributed by atoms with van der Waals surface area (Å²) >= 11 is 6.20. The number of carbonyl (C=O) groups excluding carboxylic acids is 1. The SMILES string of the molecule is CCCN(CC(=O)NCc1cccc(OC)c1)Cc1nnc(-c2ccccc2Cl)o1. The molecule has 0 saturated heterocycles. The zero-order valence-electron chi connectivity index (χ0n) is 17.1. The molecule has 0 fully saturated rings. The highest BCUT2D eigenvalue weighted by Gasteiger charge is 2.16. The number of benzene rings is 2. The summed E-state index contributed by atoms with van der Waals surface area (Å²) in [5, 5.41) is 11.7. The maximum atomic E-state index is 12.4. The van der Waals surface area contributed by atoms with Gasteiger partial charge in [-0.2, -0.15) is 0 Å². The van der Waals surface area contributed by atoms with Gasteiger partial charge in [-0.1, -0.05) is 42.8 Å². The van der Waals surface area contributed by atoms with E-state index in [0.29, 0.717) is 35.5 Å². The molecule has 0 aliphatic carbocycles. The van der Waals surface area contributed by atoms with Crippen molar-refractivity contribution in [2.24, 2.45) is 0 Å². The third kappa shape index (κ3) is 6.05. The number of nitrogens with one attached hydrogen (secondary N) is 1. The molecule has 0 radical (unpaired) electrons. The summed E-state index contributed by atoms with van der Waals surface area (Å²) in [6.07, 6.45) is 0.897. The molecule has 0 aliphatic heterocycles. The van der Waals surface area contributed by atoms with Gasteiger partial charge in [-0.05, 0) is 42.8 Å². The second-order valence-electron chi connectivity index (χ2n) is 6.82. The summed E-state index contributed by atoms with van der Waals surface area (Å²) < 4.78 is 11.0. The molecule has 1 aromatic heterocycles. The Hall–Kier alpha value is -2.90. The summed E-state index contributed by atoms with van der Waals surface area (Å²) in [5.74, 6) is 1.51. The van der Waals surface area contributed by atoms with Crippen LogP contribution in [0.15, 0.2) is 52.9 Å². The van der Waals surface area contributed by atoms with Gasteiger partial charge in [-0.15, -0.1) is 10.2 Å². The van der Waals surface area contributed by atoms with Crippen molar-refractivity contribution in [1.29, 1.82) is 0 Å². The van der Waals surface area contributed by atoms with Gasteiger partial charge in [0.25, 0.3) is 0 Å². The second kappa shape index (κ2) is 10.8. The zero-order valence-corrected chi connectivity index (χ0v) is 17.9. The number of hydrogen-bond acceptors (Lipinski definition) is 6. The molecule has 1 amide bonds. The van der Waals surface area contributed by atoms with Crippen LogP contribution in [-0.2, 0) is 17.9 Å². The highest BCUT2D eigenvalue weighted by molar-refractivity contribution is 6.33. The van der Waals surface area contributed by atoms with E-state index in [4.69, 9.17) is 20.8 Å². The zero-order chi connectivity index (χ0) is 21.3. The number of carbonyl (C=O) groups is 1. The molecule has 1 heterocycles. The van der Waals surface area contributed by atoms with Crippen LogP contribution in [0, 0.1) is 0 Å². The van der Waals surface area contributed by atoms with Crippen LogP contribution in [0.2, 0.25) is 5.02 Å². The van der Waals surface area contributed by atoms with Crippen LogP contribution in [0.5, 0.6) is 5.75 Å². The average molecular weight is 429 g/mol. The Bertz CT molecular complexity index is 976. The van der Waals surface area contributed by atoms with E-state index in [9.17, 15) is 4.79 Å². The molecule has 3 rings (SSSR count). The summed E-state index contributed by atoms with van der Waals surface area (Å²) in [5.41, 5.74) is 1.67. The Kier molecular flexibility index (Phi) is 7.82. The van der Waals surface area contributed by atoms with Gasteiger partial charge in [0.15, 0.2) is 0 Å². The van der Waals surface area contributed by atoms with Gasteiger partial charge in [0.1, 0.15) is 5.75 Å². The highest BCUT2D eigenvalue weighted by Crippen LogP contribution is 2.26. The lowest BCUT2D eigenvalue weighted by molar-refractivity contribution is -0.122. The average Bonchev–Trinajstić information content (AvgIpc) is 3.21. The minimum Gasteiger partial charge on any atom is -0.497 e. The molecule has 30 heavy (non-hydrogen) atoms. The van der Waals surface area contributed by atoms with Crippen LogP contribution in [0.25, 0.3) is 11.5 Å². The van der Waals surface area contributed by atoms with Crippen molar-refractivity contribution in [1.82, 2.24) is 20.4 Å². The van der Waals surface area contributed by atoms with Crippen molar-refractivity contribution in [2.45, 2.75) is 26.4 Å². The van der Waals surface area contributed by atoms with Crippen molar-refractivity contribution in [3.05, 3.63) is 65.0 Å². The number of nitrogens with zero attached hydrogens (tertiary/aromatic N) is 3. The van der Waals surface area contributed by atoms with Crippen LogP contribution in [0.4, 0.5) is 0 Å². The van der Waals surface area contributed by atoms with E-state index in [-0.39, 0.29) is 12.5 Å². The van der Waals surface area contributed by atoms with Crippen molar-refractivity contribution in [3.8, 4) is 17.2 Å². The predicted molar refractivity (Wildman–Crippen MR) is 115 cm³/mol. The second-order valence-corrected chi connectivity index (χ2v) is 7.23. The molecule has 0 bridgehead atoms. The number of halogens is 1. The first-order chi connectivity index (χ1) is 14.6. The van der Waals surface area contributed by atoms with E-state index in [1.54, 1.807) is 13.2 Å². The Morgan fingerprint density at radius 2 is 2.03 bits per heavy atom. The molecule has 0 spiro atoms. The van der Waals surface area contributed by atoms with Gasteiger partial charge >= 0.3 is 0 Å². The lowest BCUT2D eigenvalue weighted by Crippen LogP contribution is -2.37. The van der Waals surface area contributed by atoms with Gasteiger partial charge in [0.2, 0.25) is 17.7 Å². The largest absolute Gasteiger partial charge is 0.497 e. The quantitative estimate of drug-likeness (QED) is 0.527. The van der Waals surface area contributed by atoms with E-state index in [2.05, 4.69) is 22.4 Å². The molecule has 0 aliphatic rings. The molecule has 7 nitrogen and oxygen atoms in total. The van der Waals surface area contributed by atoms with Crippen LogP contribution in [0.3, 0.4) is 0 Å². The lowest BCUT2D eigenvalue weighted by Gasteiger charge is -2.19. The number of rotatable bonds is 10. The molecule has 2 aromatic carbocycles. The minimum absolute atomic E-state index is 0.0721. The van der Waals surface area contributed by atoms with Gasteiger partial charge in [0.05, 0.1) is 30.8 Å². The third-order valence-corrected chi connectivity index (χ3v) is 4.79. The van der Waals surface area contributed by atoms with Gasteiger partial charge < -0.3 is 14.5 Å². The topological polar surface area (TPSA) is 80.5 Å². The van der Waals surface area contributed by atoms with Crippen LogP contribution >= 0.6 is 11.6 Å².